The van der Waals surface area contributed by atoms with Crippen LogP contribution in [0.2, 0.25) is 0 Å². The van der Waals surface area contributed by atoms with Gasteiger partial charge in [-0.25, -0.2) is 0 Å². The lowest BCUT2D eigenvalue weighted by atomic mass is 10.1. The van der Waals surface area contributed by atoms with Crippen molar-refractivity contribution in [1.82, 2.24) is 0 Å². The smallest absolute Gasteiger partial charge is 0.357 e. The van der Waals surface area contributed by atoms with Crippen molar-refractivity contribution in [2.45, 2.75) is 19.6 Å². The van der Waals surface area contributed by atoms with E-state index < -0.39 is 18.3 Å². The van der Waals surface area contributed by atoms with Crippen molar-refractivity contribution < 1.29 is 32.7 Å². The molecule has 0 aliphatic carbocycles. The van der Waals surface area contributed by atoms with Crippen LogP contribution in [0.15, 0.2) is 36.4 Å². The SMILES string of the molecule is CCOP(=O)(OCC)C(Nc1ccc([N+](=O)[O-])cc1)c1cc(OC)c(OC)c(OC)c1. The normalized spacial score (nSPS) is 12.2. The van der Waals surface area contributed by atoms with Gasteiger partial charge in [-0.2, -0.15) is 0 Å². The Kier molecular flexibility index (Phi) is 8.67. The fourth-order valence-electron chi connectivity index (χ4n) is 2.99. The number of nitrogens with zero attached hydrogens (tertiary/aromatic N) is 1. The third-order valence-electron chi connectivity index (χ3n) is 4.32. The third kappa shape index (κ3) is 5.66. The second-order valence-electron chi connectivity index (χ2n) is 6.18. The number of nitro groups is 1. The summed E-state index contributed by atoms with van der Waals surface area (Å²) in [7, 11) is 0.709. The van der Waals surface area contributed by atoms with E-state index in [4.69, 9.17) is 23.3 Å². The first-order chi connectivity index (χ1) is 14.8. The van der Waals surface area contributed by atoms with E-state index in [2.05, 4.69) is 5.32 Å². The van der Waals surface area contributed by atoms with Gasteiger partial charge in [0.1, 0.15) is 0 Å². The Morgan fingerprint density at radius 2 is 1.48 bits per heavy atom. The quantitative estimate of drug-likeness (QED) is 0.268. The molecule has 0 fully saturated rings. The molecule has 1 N–H and O–H groups in total. The van der Waals surface area contributed by atoms with Gasteiger partial charge in [-0.15, -0.1) is 0 Å². The molecule has 0 radical (unpaired) electrons. The molecule has 31 heavy (non-hydrogen) atoms. The molecule has 0 spiro atoms. The van der Waals surface area contributed by atoms with E-state index >= 15 is 0 Å². The number of methoxy groups -OCH3 is 3. The second kappa shape index (κ2) is 11.0. The van der Waals surface area contributed by atoms with E-state index in [1.807, 2.05) is 0 Å². The molecule has 0 bridgehead atoms. The number of hydrogen-bond acceptors (Lipinski definition) is 9. The Morgan fingerprint density at radius 1 is 0.968 bits per heavy atom. The summed E-state index contributed by atoms with van der Waals surface area (Å²) in [6.07, 6.45) is 0. The van der Waals surface area contributed by atoms with Crippen molar-refractivity contribution in [3.05, 3.63) is 52.1 Å². The van der Waals surface area contributed by atoms with Crippen molar-refractivity contribution in [3.63, 3.8) is 0 Å². The molecule has 2 aromatic rings. The zero-order valence-electron chi connectivity index (χ0n) is 18.1. The maximum absolute atomic E-state index is 13.7. The van der Waals surface area contributed by atoms with E-state index in [9.17, 15) is 14.7 Å². The molecule has 0 heterocycles. The zero-order valence-corrected chi connectivity index (χ0v) is 19.0. The molecule has 0 saturated heterocycles. The molecule has 2 aromatic carbocycles. The number of non-ortho nitro benzene ring substituents is 1. The van der Waals surface area contributed by atoms with Crippen molar-refractivity contribution in [2.75, 3.05) is 39.9 Å². The van der Waals surface area contributed by atoms with Crippen LogP contribution in [0.25, 0.3) is 0 Å². The molecule has 11 heteroatoms. The van der Waals surface area contributed by atoms with Crippen LogP contribution in [0.3, 0.4) is 0 Å². The van der Waals surface area contributed by atoms with E-state index in [-0.39, 0.29) is 18.9 Å². The summed E-state index contributed by atoms with van der Waals surface area (Å²) in [5, 5.41) is 14.1. The molecule has 2 rings (SSSR count). The largest absolute Gasteiger partial charge is 0.493 e. The predicted molar refractivity (Wildman–Crippen MR) is 116 cm³/mol. The van der Waals surface area contributed by atoms with Crippen LogP contribution in [0.1, 0.15) is 25.2 Å². The molecular weight excluding hydrogens is 427 g/mol. The van der Waals surface area contributed by atoms with Crippen LogP contribution in [0.5, 0.6) is 17.2 Å². The number of hydrogen-bond donors (Lipinski definition) is 1. The van der Waals surface area contributed by atoms with Gasteiger partial charge in [0.25, 0.3) is 5.69 Å². The van der Waals surface area contributed by atoms with E-state index in [0.717, 1.165) is 0 Å². The van der Waals surface area contributed by atoms with Crippen molar-refractivity contribution in [3.8, 4) is 17.2 Å². The monoisotopic (exact) mass is 454 g/mol. The molecule has 0 aromatic heterocycles. The summed E-state index contributed by atoms with van der Waals surface area (Å²) in [6, 6.07) is 9.03. The first kappa shape index (κ1) is 24.5. The predicted octanol–water partition coefficient (Wildman–Crippen LogP) is 5.00. The minimum atomic E-state index is -3.73. The van der Waals surface area contributed by atoms with Crippen LogP contribution >= 0.6 is 7.60 Å². The zero-order chi connectivity index (χ0) is 23.0. The van der Waals surface area contributed by atoms with Gasteiger partial charge in [-0.3, -0.25) is 14.7 Å². The fraction of sp³-hybridized carbons (Fsp3) is 0.400. The molecule has 0 aliphatic heterocycles. The molecule has 1 atom stereocenters. The summed E-state index contributed by atoms with van der Waals surface area (Å²) in [5.41, 5.74) is 0.926. The minimum absolute atomic E-state index is 0.0623. The lowest BCUT2D eigenvalue weighted by Crippen LogP contribution is -2.16. The Balaban J connectivity index is 2.61. The van der Waals surface area contributed by atoms with Crippen molar-refractivity contribution in [2.24, 2.45) is 0 Å². The Bertz CT molecular complexity index is 900. The molecule has 10 nitrogen and oxygen atoms in total. The molecular formula is C20H27N2O8P. The Labute approximate surface area is 181 Å². The Morgan fingerprint density at radius 3 is 1.87 bits per heavy atom. The first-order valence-corrected chi connectivity index (χ1v) is 11.1. The molecule has 0 saturated carbocycles. The molecule has 170 valence electrons. The highest BCUT2D eigenvalue weighted by Gasteiger charge is 2.38. The number of nitrogens with one attached hydrogen (secondary N) is 1. The van der Waals surface area contributed by atoms with Crippen LogP contribution in [0.4, 0.5) is 11.4 Å². The second-order valence-corrected chi connectivity index (χ2v) is 8.30. The van der Waals surface area contributed by atoms with Crippen LogP contribution in [0, 0.1) is 10.1 Å². The van der Waals surface area contributed by atoms with Gasteiger partial charge in [0, 0.05) is 17.8 Å². The van der Waals surface area contributed by atoms with Crippen LogP contribution < -0.4 is 19.5 Å². The average Bonchev–Trinajstić information content (AvgIpc) is 2.76. The van der Waals surface area contributed by atoms with Gasteiger partial charge in [0.05, 0.1) is 39.5 Å². The number of anilines is 1. The van der Waals surface area contributed by atoms with Gasteiger partial charge in [-0.05, 0) is 43.7 Å². The third-order valence-corrected chi connectivity index (χ3v) is 6.61. The van der Waals surface area contributed by atoms with Crippen LogP contribution in [-0.4, -0.2) is 39.5 Å². The highest BCUT2D eigenvalue weighted by atomic mass is 31.2. The minimum Gasteiger partial charge on any atom is -0.493 e. The number of ether oxygens (including phenoxy) is 3. The standard InChI is InChI=1S/C20H27N2O8P/c1-6-29-31(25,30-7-2)20(21-15-8-10-16(11-9-15)22(23)24)14-12-17(26-3)19(28-5)18(13-14)27-4/h8-13,20-21H,6-7H2,1-5H3. The maximum atomic E-state index is 13.7. The van der Waals surface area contributed by atoms with E-state index in [1.165, 1.54) is 45.6 Å². The van der Waals surface area contributed by atoms with Gasteiger partial charge < -0.3 is 28.6 Å². The highest BCUT2D eigenvalue weighted by Crippen LogP contribution is 2.61. The Hall–Kier alpha value is -2.81. The molecule has 0 amide bonds. The first-order valence-electron chi connectivity index (χ1n) is 9.53. The van der Waals surface area contributed by atoms with Crippen LogP contribution in [-0.2, 0) is 13.6 Å². The fourth-order valence-corrected chi connectivity index (χ4v) is 4.90. The summed E-state index contributed by atoms with van der Waals surface area (Å²) in [4.78, 5) is 10.5. The lowest BCUT2D eigenvalue weighted by molar-refractivity contribution is -0.384. The molecule has 0 aliphatic rings. The highest BCUT2D eigenvalue weighted by molar-refractivity contribution is 7.54. The van der Waals surface area contributed by atoms with Gasteiger partial charge in [0.15, 0.2) is 17.3 Å². The van der Waals surface area contributed by atoms with Gasteiger partial charge in [0.2, 0.25) is 5.75 Å². The summed E-state index contributed by atoms with van der Waals surface area (Å²) >= 11 is 0. The summed E-state index contributed by atoms with van der Waals surface area (Å²) < 4.78 is 41.1. The topological polar surface area (TPSA) is 118 Å². The van der Waals surface area contributed by atoms with Crippen molar-refractivity contribution >= 4 is 19.0 Å². The summed E-state index contributed by atoms with van der Waals surface area (Å²) in [6.45, 7) is 3.73. The maximum Gasteiger partial charge on any atom is 0.357 e. The van der Waals surface area contributed by atoms with Crippen molar-refractivity contribution in [1.29, 1.82) is 0 Å². The number of nitro benzene ring substituents is 1. The van der Waals surface area contributed by atoms with E-state index in [0.29, 0.717) is 28.5 Å². The average molecular weight is 454 g/mol. The summed E-state index contributed by atoms with van der Waals surface area (Å²) in [5.74, 6) is 0.159. The van der Waals surface area contributed by atoms with Gasteiger partial charge >= 0.3 is 7.60 Å². The lowest BCUT2D eigenvalue weighted by Gasteiger charge is -2.29. The van der Waals surface area contributed by atoms with Gasteiger partial charge in [-0.1, -0.05) is 0 Å². The number of benzene rings is 2. The van der Waals surface area contributed by atoms with E-state index in [1.54, 1.807) is 26.0 Å². The number of rotatable bonds is 12. The molecule has 1 unspecified atom stereocenters.